The number of hydrogen-bond donors (Lipinski definition) is 0. The molecule has 0 aliphatic heterocycles. The number of rotatable bonds is 5. The smallest absolute Gasteiger partial charge is 0.331 e. The summed E-state index contributed by atoms with van der Waals surface area (Å²) in [6.07, 6.45) is 2.95. The van der Waals surface area contributed by atoms with Gasteiger partial charge in [-0.05, 0) is 31.9 Å². The topological polar surface area (TPSA) is 101 Å². The maximum atomic E-state index is 12.5. The van der Waals surface area contributed by atoms with Crippen LogP contribution in [-0.4, -0.2) is 27.0 Å². The molecule has 0 aromatic carbocycles. The average Bonchev–Trinajstić information content (AvgIpc) is 3.34. The fourth-order valence-electron chi connectivity index (χ4n) is 2.60. The van der Waals surface area contributed by atoms with Crippen LogP contribution in [0.25, 0.3) is 0 Å². The van der Waals surface area contributed by atoms with Gasteiger partial charge in [-0.15, -0.1) is 0 Å². The van der Waals surface area contributed by atoms with E-state index >= 15 is 0 Å². The number of aryl methyl sites for hydroxylation is 1. The first-order valence-electron chi connectivity index (χ1n) is 7.96. The van der Waals surface area contributed by atoms with Crippen LogP contribution in [0.4, 0.5) is 0 Å². The van der Waals surface area contributed by atoms with Crippen LogP contribution in [0.15, 0.2) is 32.3 Å². The molecule has 8 heteroatoms. The quantitative estimate of drug-likeness (QED) is 0.799. The number of hydrogen-bond acceptors (Lipinski definition) is 5. The van der Waals surface area contributed by atoms with E-state index in [0.29, 0.717) is 5.76 Å². The fourth-order valence-corrected chi connectivity index (χ4v) is 2.60. The molecular formula is C17H18N4O4. The fraction of sp³-hybridized carbons (Fsp3) is 0.412. The summed E-state index contributed by atoms with van der Waals surface area (Å²) in [5, 5.41) is 9.11. The third-order valence-electron chi connectivity index (χ3n) is 4.16. The van der Waals surface area contributed by atoms with Crippen molar-refractivity contribution >= 4 is 5.91 Å². The molecule has 0 unspecified atom stereocenters. The highest BCUT2D eigenvalue weighted by Crippen LogP contribution is 2.33. The minimum atomic E-state index is -0.736. The number of carbonyl (C=O) groups excluding carboxylic acids is 1. The molecule has 3 rings (SSSR count). The van der Waals surface area contributed by atoms with E-state index in [9.17, 15) is 14.4 Å². The highest BCUT2D eigenvalue weighted by atomic mass is 16.3. The lowest BCUT2D eigenvalue weighted by atomic mass is 10.3. The summed E-state index contributed by atoms with van der Waals surface area (Å²) < 4.78 is 7.64. The van der Waals surface area contributed by atoms with Crippen LogP contribution < -0.4 is 11.2 Å². The summed E-state index contributed by atoms with van der Waals surface area (Å²) in [7, 11) is 1.57. The predicted molar refractivity (Wildman–Crippen MR) is 87.9 cm³/mol. The van der Waals surface area contributed by atoms with Crippen molar-refractivity contribution in [3.63, 3.8) is 0 Å². The van der Waals surface area contributed by atoms with Crippen molar-refractivity contribution in [2.45, 2.75) is 38.9 Å². The number of aromatic nitrogens is 2. The highest BCUT2D eigenvalue weighted by Gasteiger charge is 2.27. The van der Waals surface area contributed by atoms with Gasteiger partial charge in [-0.2, -0.15) is 5.26 Å². The van der Waals surface area contributed by atoms with Crippen LogP contribution in [0.5, 0.6) is 0 Å². The van der Waals surface area contributed by atoms with E-state index in [-0.39, 0.29) is 18.2 Å². The standard InChI is InChI=1S/C17H18N4O4/c1-11-3-6-14(25-11)9-19(2)15(22)10-21-16(23)12(7-18)8-20(17(21)24)13-4-5-13/h3,6,8,13H,4-5,9-10H2,1-2H3. The second kappa shape index (κ2) is 6.43. The van der Waals surface area contributed by atoms with E-state index in [4.69, 9.17) is 9.68 Å². The number of likely N-dealkylation sites (N-methyl/N-ethyl adjacent to an activating group) is 1. The van der Waals surface area contributed by atoms with E-state index in [1.807, 2.05) is 0 Å². The number of amides is 1. The lowest BCUT2D eigenvalue weighted by Crippen LogP contribution is -2.44. The monoisotopic (exact) mass is 342 g/mol. The first kappa shape index (κ1) is 16.8. The van der Waals surface area contributed by atoms with Crippen molar-refractivity contribution in [1.82, 2.24) is 14.0 Å². The first-order valence-corrected chi connectivity index (χ1v) is 7.96. The molecule has 2 aromatic heterocycles. The second-order valence-corrected chi connectivity index (χ2v) is 6.23. The van der Waals surface area contributed by atoms with Gasteiger partial charge < -0.3 is 9.32 Å². The Morgan fingerprint density at radius 3 is 2.68 bits per heavy atom. The van der Waals surface area contributed by atoms with Gasteiger partial charge in [0, 0.05) is 19.3 Å². The predicted octanol–water partition coefficient (Wildman–Crippen LogP) is 0.777. The molecule has 0 radical (unpaired) electrons. The van der Waals surface area contributed by atoms with Crippen LogP contribution in [0.1, 0.15) is 36.0 Å². The van der Waals surface area contributed by atoms with Crippen LogP contribution in [-0.2, 0) is 17.9 Å². The molecule has 25 heavy (non-hydrogen) atoms. The maximum Gasteiger partial charge on any atom is 0.331 e. The van der Waals surface area contributed by atoms with Gasteiger partial charge in [0.15, 0.2) is 0 Å². The Labute approximate surface area is 143 Å². The summed E-state index contributed by atoms with van der Waals surface area (Å²) in [5.74, 6) is 0.939. The van der Waals surface area contributed by atoms with Crippen molar-refractivity contribution in [3.8, 4) is 6.07 Å². The summed E-state index contributed by atoms with van der Waals surface area (Å²) >= 11 is 0. The Hall–Kier alpha value is -3.08. The third-order valence-corrected chi connectivity index (χ3v) is 4.16. The molecular weight excluding hydrogens is 324 g/mol. The Morgan fingerprint density at radius 2 is 2.12 bits per heavy atom. The van der Waals surface area contributed by atoms with Gasteiger partial charge in [0.05, 0.1) is 6.54 Å². The minimum Gasteiger partial charge on any atom is -0.464 e. The molecule has 0 N–H and O–H groups in total. The maximum absolute atomic E-state index is 12.5. The molecule has 1 aliphatic carbocycles. The van der Waals surface area contributed by atoms with E-state index in [0.717, 1.165) is 23.2 Å². The van der Waals surface area contributed by atoms with Crippen molar-refractivity contribution in [3.05, 3.63) is 56.3 Å². The molecule has 1 fully saturated rings. The third kappa shape index (κ3) is 3.40. The summed E-state index contributed by atoms with van der Waals surface area (Å²) in [6, 6.07) is 5.36. The molecule has 0 spiro atoms. The van der Waals surface area contributed by atoms with Gasteiger partial charge in [0.25, 0.3) is 5.56 Å². The second-order valence-electron chi connectivity index (χ2n) is 6.23. The van der Waals surface area contributed by atoms with Crippen molar-refractivity contribution in [2.75, 3.05) is 7.05 Å². The Balaban J connectivity index is 1.85. The molecule has 0 saturated heterocycles. The zero-order valence-corrected chi connectivity index (χ0v) is 14.1. The van der Waals surface area contributed by atoms with Crippen LogP contribution >= 0.6 is 0 Å². The number of nitrogens with zero attached hydrogens (tertiary/aromatic N) is 4. The number of carbonyl (C=O) groups is 1. The molecule has 0 atom stereocenters. The average molecular weight is 342 g/mol. The van der Waals surface area contributed by atoms with Gasteiger partial charge in [0.1, 0.15) is 29.7 Å². The molecule has 2 heterocycles. The summed E-state index contributed by atoms with van der Waals surface area (Å²) in [6.45, 7) is 1.63. The van der Waals surface area contributed by atoms with Crippen molar-refractivity contribution < 1.29 is 9.21 Å². The number of nitriles is 1. The van der Waals surface area contributed by atoms with Crippen LogP contribution in [0, 0.1) is 18.3 Å². The zero-order valence-electron chi connectivity index (χ0n) is 14.1. The summed E-state index contributed by atoms with van der Waals surface area (Å²) in [4.78, 5) is 38.6. The molecule has 130 valence electrons. The molecule has 8 nitrogen and oxygen atoms in total. The molecule has 1 saturated carbocycles. The zero-order chi connectivity index (χ0) is 18.1. The van der Waals surface area contributed by atoms with Gasteiger partial charge >= 0.3 is 5.69 Å². The molecule has 2 aromatic rings. The molecule has 1 aliphatic rings. The van der Waals surface area contributed by atoms with Crippen LogP contribution in [0.3, 0.4) is 0 Å². The summed E-state index contributed by atoms with van der Waals surface area (Å²) in [5.41, 5.74) is -1.43. The minimum absolute atomic E-state index is 0.00498. The van der Waals surface area contributed by atoms with E-state index < -0.39 is 23.7 Å². The molecule has 1 amide bonds. The van der Waals surface area contributed by atoms with Gasteiger partial charge in [0.2, 0.25) is 5.91 Å². The van der Waals surface area contributed by atoms with Gasteiger partial charge in [-0.1, -0.05) is 0 Å². The highest BCUT2D eigenvalue weighted by molar-refractivity contribution is 5.75. The van der Waals surface area contributed by atoms with Gasteiger partial charge in [-0.3, -0.25) is 14.2 Å². The molecule has 0 bridgehead atoms. The Bertz CT molecular complexity index is 972. The van der Waals surface area contributed by atoms with E-state index in [1.165, 1.54) is 15.7 Å². The Morgan fingerprint density at radius 1 is 1.40 bits per heavy atom. The normalized spacial score (nSPS) is 13.5. The number of furan rings is 1. The first-order chi connectivity index (χ1) is 11.9. The van der Waals surface area contributed by atoms with E-state index in [1.54, 1.807) is 32.2 Å². The van der Waals surface area contributed by atoms with E-state index in [2.05, 4.69) is 0 Å². The lowest BCUT2D eigenvalue weighted by Gasteiger charge is -2.17. The van der Waals surface area contributed by atoms with Crippen molar-refractivity contribution in [1.29, 1.82) is 5.26 Å². The SMILES string of the molecule is Cc1ccc(CN(C)C(=O)Cn2c(=O)c(C#N)cn(C3CC3)c2=O)o1. The van der Waals surface area contributed by atoms with Gasteiger partial charge in [-0.25, -0.2) is 9.36 Å². The largest absolute Gasteiger partial charge is 0.464 e. The van der Waals surface area contributed by atoms with Crippen LogP contribution in [0.2, 0.25) is 0 Å². The van der Waals surface area contributed by atoms with Crippen molar-refractivity contribution in [2.24, 2.45) is 0 Å². The Kier molecular flexibility index (Phi) is 4.31. The lowest BCUT2D eigenvalue weighted by molar-refractivity contribution is -0.131.